The van der Waals surface area contributed by atoms with Crippen molar-refractivity contribution >= 4 is 11.8 Å². The molecule has 0 aromatic heterocycles. The molecule has 2 nitrogen and oxygen atoms in total. The summed E-state index contributed by atoms with van der Waals surface area (Å²) in [6.45, 7) is 3.35. The lowest BCUT2D eigenvalue weighted by Gasteiger charge is -2.29. The fourth-order valence-corrected chi connectivity index (χ4v) is 3.75. The lowest BCUT2D eigenvalue weighted by molar-refractivity contribution is 0.414. The van der Waals surface area contributed by atoms with Crippen LogP contribution >= 0.6 is 11.8 Å². The zero-order valence-corrected chi connectivity index (χ0v) is 13.1. The van der Waals surface area contributed by atoms with Crippen LogP contribution < -0.4 is 10.1 Å². The molecule has 0 spiro atoms. The van der Waals surface area contributed by atoms with Gasteiger partial charge in [-0.1, -0.05) is 25.0 Å². The van der Waals surface area contributed by atoms with Crippen molar-refractivity contribution in [2.75, 3.05) is 19.9 Å². The summed E-state index contributed by atoms with van der Waals surface area (Å²) >= 11 is 2.04. The van der Waals surface area contributed by atoms with Crippen molar-refractivity contribution in [2.45, 2.75) is 43.4 Å². The minimum Gasteiger partial charge on any atom is -0.497 e. The Balaban J connectivity index is 1.91. The van der Waals surface area contributed by atoms with Crippen LogP contribution in [-0.4, -0.2) is 24.7 Å². The second-order valence-electron chi connectivity index (χ2n) is 5.47. The van der Waals surface area contributed by atoms with Gasteiger partial charge in [0.2, 0.25) is 0 Å². The maximum Gasteiger partial charge on any atom is 0.118 e. The first kappa shape index (κ1) is 14.7. The monoisotopic (exact) mass is 279 g/mol. The minimum absolute atomic E-state index is 0.399. The summed E-state index contributed by atoms with van der Waals surface area (Å²) in [5.41, 5.74) is 1.33. The summed E-state index contributed by atoms with van der Waals surface area (Å²) in [6.07, 6.45) is 7.75. The highest BCUT2D eigenvalue weighted by atomic mass is 32.2. The van der Waals surface area contributed by atoms with Gasteiger partial charge in [0.1, 0.15) is 5.75 Å². The summed E-state index contributed by atoms with van der Waals surface area (Å²) in [4.78, 5) is 0. The van der Waals surface area contributed by atoms with Crippen LogP contribution in [0.5, 0.6) is 5.75 Å². The van der Waals surface area contributed by atoms with Crippen LogP contribution in [0.4, 0.5) is 0 Å². The van der Waals surface area contributed by atoms with Gasteiger partial charge in [-0.3, -0.25) is 0 Å². The maximum atomic E-state index is 5.20. The van der Waals surface area contributed by atoms with Crippen molar-refractivity contribution in [1.29, 1.82) is 0 Å². The Morgan fingerprint density at radius 1 is 1.26 bits per heavy atom. The van der Waals surface area contributed by atoms with E-state index in [4.69, 9.17) is 4.74 Å². The fourth-order valence-electron chi connectivity index (χ4n) is 2.82. The van der Waals surface area contributed by atoms with E-state index in [0.717, 1.165) is 12.3 Å². The van der Waals surface area contributed by atoms with E-state index in [1.807, 2.05) is 23.9 Å². The molecule has 0 heterocycles. The predicted octanol–water partition coefficient (Wildman–Crippen LogP) is 4.02. The molecule has 19 heavy (non-hydrogen) atoms. The third-order valence-electron chi connectivity index (χ3n) is 4.29. The normalized spacial score (nSPS) is 19.3. The van der Waals surface area contributed by atoms with Crippen molar-refractivity contribution in [3.05, 3.63) is 29.8 Å². The topological polar surface area (TPSA) is 21.3 Å². The van der Waals surface area contributed by atoms with Gasteiger partial charge in [-0.15, -0.1) is 0 Å². The molecule has 106 valence electrons. The molecule has 1 atom stereocenters. The predicted molar refractivity (Wildman–Crippen MR) is 84.1 cm³/mol. The molecule has 0 saturated heterocycles. The van der Waals surface area contributed by atoms with Crippen LogP contribution in [0, 0.1) is 0 Å². The van der Waals surface area contributed by atoms with Gasteiger partial charge in [0.05, 0.1) is 7.11 Å². The van der Waals surface area contributed by atoms with Crippen molar-refractivity contribution < 1.29 is 4.74 Å². The summed E-state index contributed by atoms with van der Waals surface area (Å²) < 4.78 is 5.67. The van der Waals surface area contributed by atoms with Crippen molar-refractivity contribution in [2.24, 2.45) is 0 Å². The van der Waals surface area contributed by atoms with Gasteiger partial charge < -0.3 is 10.1 Å². The summed E-state index contributed by atoms with van der Waals surface area (Å²) in [7, 11) is 1.71. The van der Waals surface area contributed by atoms with E-state index < -0.39 is 0 Å². The van der Waals surface area contributed by atoms with Crippen LogP contribution in [0.3, 0.4) is 0 Å². The van der Waals surface area contributed by atoms with E-state index in [2.05, 4.69) is 30.6 Å². The Morgan fingerprint density at radius 2 is 1.89 bits per heavy atom. The number of thioether (sulfide) groups is 1. The lowest BCUT2D eigenvalue weighted by atomic mass is 10.0. The van der Waals surface area contributed by atoms with Gasteiger partial charge in [0, 0.05) is 17.3 Å². The zero-order chi connectivity index (χ0) is 13.7. The molecule has 1 aliphatic carbocycles. The molecule has 1 aromatic rings. The highest BCUT2D eigenvalue weighted by molar-refractivity contribution is 8.00. The third-order valence-corrected chi connectivity index (χ3v) is 5.71. The maximum absolute atomic E-state index is 5.20. The summed E-state index contributed by atoms with van der Waals surface area (Å²) in [5, 5.41) is 3.71. The molecule has 3 heteroatoms. The highest BCUT2D eigenvalue weighted by Gasteiger charge is 2.32. The second kappa shape index (κ2) is 6.67. The first-order chi connectivity index (χ1) is 9.19. The highest BCUT2D eigenvalue weighted by Crippen LogP contribution is 2.40. The molecule has 0 radical (unpaired) electrons. The van der Waals surface area contributed by atoms with Crippen molar-refractivity contribution in [1.82, 2.24) is 5.32 Å². The molecule has 0 aliphatic heterocycles. The number of hydrogen-bond acceptors (Lipinski definition) is 3. The summed E-state index contributed by atoms with van der Waals surface area (Å²) in [6, 6.07) is 8.77. The molecule has 1 unspecified atom stereocenters. The van der Waals surface area contributed by atoms with E-state index in [1.54, 1.807) is 7.11 Å². The largest absolute Gasteiger partial charge is 0.497 e. The number of nitrogens with one attached hydrogen (secondary N) is 1. The van der Waals surface area contributed by atoms with Crippen molar-refractivity contribution in [3.63, 3.8) is 0 Å². The minimum atomic E-state index is 0.399. The van der Waals surface area contributed by atoms with Crippen molar-refractivity contribution in [3.8, 4) is 5.75 Å². The Hall–Kier alpha value is -0.670. The van der Waals surface area contributed by atoms with Gasteiger partial charge >= 0.3 is 0 Å². The average Bonchev–Trinajstić information content (AvgIpc) is 2.94. The van der Waals surface area contributed by atoms with Crippen LogP contribution in [0.1, 0.15) is 44.2 Å². The van der Waals surface area contributed by atoms with Crippen LogP contribution in [-0.2, 0) is 0 Å². The average molecular weight is 279 g/mol. The quantitative estimate of drug-likeness (QED) is 0.849. The molecule has 2 rings (SSSR count). The van der Waals surface area contributed by atoms with Gasteiger partial charge in [-0.05, 0) is 43.7 Å². The molecule has 1 fully saturated rings. The van der Waals surface area contributed by atoms with Gasteiger partial charge in [-0.2, -0.15) is 11.8 Å². The third kappa shape index (κ3) is 3.67. The van der Waals surface area contributed by atoms with E-state index in [1.165, 1.54) is 31.2 Å². The Kier molecular flexibility index (Phi) is 5.17. The Labute approximate surface area is 121 Å². The van der Waals surface area contributed by atoms with Crippen LogP contribution in [0.15, 0.2) is 24.3 Å². The second-order valence-corrected chi connectivity index (χ2v) is 6.74. The molecular formula is C16H25NOS. The number of rotatable bonds is 6. The number of methoxy groups -OCH3 is 1. The fraction of sp³-hybridized carbons (Fsp3) is 0.625. The standard InChI is InChI=1S/C16H25NOS/c1-13(14-6-8-15(18-2)9-7-14)17-12-16(19-3)10-4-5-11-16/h6-9,13,17H,4-5,10-12H2,1-3H3. The number of hydrogen-bond donors (Lipinski definition) is 1. The van der Waals surface area contributed by atoms with E-state index >= 15 is 0 Å². The Morgan fingerprint density at radius 3 is 2.42 bits per heavy atom. The number of ether oxygens (including phenoxy) is 1. The zero-order valence-electron chi connectivity index (χ0n) is 12.2. The molecule has 1 saturated carbocycles. The smallest absolute Gasteiger partial charge is 0.118 e. The van der Waals surface area contributed by atoms with E-state index in [9.17, 15) is 0 Å². The van der Waals surface area contributed by atoms with Gasteiger partial charge in [0.15, 0.2) is 0 Å². The Bertz CT molecular complexity index is 384. The molecule has 0 amide bonds. The van der Waals surface area contributed by atoms with Gasteiger partial charge in [0.25, 0.3) is 0 Å². The molecule has 1 aliphatic rings. The SMILES string of the molecule is COc1ccc(C(C)NCC2(SC)CCCC2)cc1. The number of benzene rings is 1. The molecule has 0 bridgehead atoms. The van der Waals surface area contributed by atoms with Gasteiger partial charge in [-0.25, -0.2) is 0 Å². The molecule has 1 N–H and O–H groups in total. The molecular weight excluding hydrogens is 254 g/mol. The first-order valence-electron chi connectivity index (χ1n) is 7.12. The first-order valence-corrected chi connectivity index (χ1v) is 8.34. The van der Waals surface area contributed by atoms with Crippen LogP contribution in [0.25, 0.3) is 0 Å². The molecule has 1 aromatic carbocycles. The summed E-state index contributed by atoms with van der Waals surface area (Å²) in [5.74, 6) is 0.923. The van der Waals surface area contributed by atoms with Crippen LogP contribution in [0.2, 0.25) is 0 Å². The van der Waals surface area contributed by atoms with E-state index in [0.29, 0.717) is 10.8 Å². The lowest BCUT2D eigenvalue weighted by Crippen LogP contribution is -2.36. The van der Waals surface area contributed by atoms with E-state index in [-0.39, 0.29) is 0 Å².